The van der Waals surface area contributed by atoms with Crippen molar-refractivity contribution in [3.05, 3.63) is 0 Å². The number of aliphatic carboxylic acids is 1. The normalized spacial score (nSPS) is 26.1. The van der Waals surface area contributed by atoms with Crippen molar-refractivity contribution in [3.8, 4) is 0 Å². The van der Waals surface area contributed by atoms with Crippen LogP contribution < -0.4 is 10.5 Å². The zero-order valence-electron chi connectivity index (χ0n) is 7.19. The third-order valence-corrected chi connectivity index (χ3v) is 2.15. The summed E-state index contributed by atoms with van der Waals surface area (Å²) in [5, 5.41) is 18.0. The van der Waals surface area contributed by atoms with Crippen molar-refractivity contribution in [2.75, 3.05) is 13.1 Å². The second kappa shape index (κ2) is 3.75. The van der Waals surface area contributed by atoms with E-state index in [0.29, 0.717) is 11.7 Å². The molecule has 6 nitrogen and oxygen atoms in total. The van der Waals surface area contributed by atoms with Crippen molar-refractivity contribution in [1.82, 2.24) is 5.43 Å². The van der Waals surface area contributed by atoms with Crippen LogP contribution in [-0.4, -0.2) is 28.8 Å². The number of rotatable bonds is 4. The van der Waals surface area contributed by atoms with Crippen molar-refractivity contribution in [3.63, 3.8) is 0 Å². The lowest BCUT2D eigenvalue weighted by Gasteiger charge is -2.24. The van der Waals surface area contributed by atoms with Gasteiger partial charge in [0.05, 0.1) is 11.2 Å². The number of carbonyl (C=O) groups excluding carboxylic acids is 1. The van der Waals surface area contributed by atoms with Gasteiger partial charge in [0.15, 0.2) is 6.54 Å². The molecule has 0 aromatic carbocycles. The Morgan fingerprint density at radius 1 is 1.77 bits per heavy atom. The molecular weight excluding hydrogens is 192 g/mol. The Morgan fingerprint density at radius 2 is 2.46 bits per heavy atom. The fraction of sp³-hybridized carbons (Fsp3) is 0.667. The van der Waals surface area contributed by atoms with E-state index in [1.165, 1.54) is 0 Å². The maximum atomic E-state index is 10.5. The Labute approximate surface area is 80.8 Å². The number of nitrogens with zero attached hydrogens (tertiary/aromatic N) is 3. The molecule has 0 saturated carbocycles. The molecule has 0 radical (unpaired) electrons. The molecule has 0 spiro atoms. The van der Waals surface area contributed by atoms with Crippen LogP contribution >= 0.6 is 12.2 Å². The first-order valence-corrected chi connectivity index (χ1v) is 4.31. The maximum absolute atomic E-state index is 10.5. The lowest BCUT2D eigenvalue weighted by Crippen LogP contribution is -2.54. The first-order valence-electron chi connectivity index (χ1n) is 3.90. The van der Waals surface area contributed by atoms with Gasteiger partial charge in [-0.05, 0) is 11.6 Å². The molecule has 7 heteroatoms. The van der Waals surface area contributed by atoms with Crippen LogP contribution in [0.15, 0.2) is 10.4 Å². The largest absolute Gasteiger partial charge is 0.544 e. The molecule has 0 aromatic rings. The molecule has 1 N–H and O–H groups in total. The summed E-state index contributed by atoms with van der Waals surface area (Å²) < 4.78 is -0.172. The quantitative estimate of drug-likeness (QED) is 0.475. The van der Waals surface area contributed by atoms with Crippen molar-refractivity contribution in [2.45, 2.75) is 13.3 Å². The molecule has 72 valence electrons. The van der Waals surface area contributed by atoms with E-state index in [1.807, 2.05) is 6.92 Å². The summed E-state index contributed by atoms with van der Waals surface area (Å²) in [4.78, 5) is 10.5. The van der Waals surface area contributed by atoms with Crippen LogP contribution in [0, 0.1) is 0 Å². The van der Waals surface area contributed by atoms with Crippen molar-refractivity contribution in [2.24, 2.45) is 10.4 Å². The Morgan fingerprint density at radius 3 is 2.85 bits per heavy atom. The molecule has 1 heterocycles. The highest BCUT2D eigenvalue weighted by Crippen LogP contribution is 2.15. The Kier molecular flexibility index (Phi) is 2.89. The molecular formula is C6H10N4O2S. The van der Waals surface area contributed by atoms with Gasteiger partial charge in [0.2, 0.25) is 0 Å². The number of quaternary nitrogens is 1. The molecule has 1 aliphatic heterocycles. The molecule has 1 atom stereocenters. The van der Waals surface area contributed by atoms with Crippen LogP contribution in [0.25, 0.3) is 0 Å². The molecule has 0 bridgehead atoms. The number of carboxylic acid groups (broad SMARTS) is 1. The number of thiocarbonyl (C=S) groups is 1. The Bertz CT molecular complexity index is 267. The predicted octanol–water partition coefficient (Wildman–Crippen LogP) is -0.867. The van der Waals surface area contributed by atoms with E-state index in [0.717, 1.165) is 6.42 Å². The first-order chi connectivity index (χ1) is 6.10. The lowest BCUT2D eigenvalue weighted by atomic mass is 10.4. The predicted molar refractivity (Wildman–Crippen MR) is 45.9 cm³/mol. The van der Waals surface area contributed by atoms with Gasteiger partial charge < -0.3 is 9.90 Å². The van der Waals surface area contributed by atoms with Gasteiger partial charge in [-0.25, -0.2) is 0 Å². The van der Waals surface area contributed by atoms with Gasteiger partial charge in [-0.1, -0.05) is 6.92 Å². The highest BCUT2D eigenvalue weighted by atomic mass is 32.1. The van der Waals surface area contributed by atoms with E-state index in [2.05, 4.69) is 15.9 Å². The fourth-order valence-electron chi connectivity index (χ4n) is 1.20. The topological polar surface area (TPSA) is 76.9 Å². The van der Waals surface area contributed by atoms with E-state index in [-0.39, 0.29) is 11.1 Å². The molecule has 13 heavy (non-hydrogen) atoms. The SMILES string of the molecule is CCC[N+]1(CC(=O)[O-])N=NNC1=S. The second-order valence-corrected chi connectivity index (χ2v) is 3.17. The van der Waals surface area contributed by atoms with Gasteiger partial charge in [0.25, 0.3) is 0 Å². The minimum absolute atomic E-state index is 0.172. The summed E-state index contributed by atoms with van der Waals surface area (Å²) in [5.41, 5.74) is 2.47. The smallest absolute Gasteiger partial charge is 0.320 e. The zero-order chi connectivity index (χ0) is 9.90. The van der Waals surface area contributed by atoms with E-state index >= 15 is 0 Å². The molecule has 0 aromatic heterocycles. The molecule has 0 amide bonds. The van der Waals surface area contributed by atoms with Gasteiger partial charge in [-0.15, -0.1) is 4.59 Å². The monoisotopic (exact) mass is 202 g/mol. The van der Waals surface area contributed by atoms with Crippen molar-refractivity contribution >= 4 is 23.3 Å². The average Bonchev–Trinajstić information content (AvgIpc) is 2.32. The molecule has 0 aliphatic carbocycles. The highest BCUT2D eigenvalue weighted by Gasteiger charge is 2.38. The molecule has 0 fully saturated rings. The highest BCUT2D eigenvalue weighted by molar-refractivity contribution is 7.79. The van der Waals surface area contributed by atoms with E-state index in [4.69, 9.17) is 12.2 Å². The Balaban J connectivity index is 2.80. The number of nitrogens with one attached hydrogen (secondary N) is 1. The summed E-state index contributed by atoms with van der Waals surface area (Å²) >= 11 is 4.92. The third kappa shape index (κ3) is 1.99. The lowest BCUT2D eigenvalue weighted by molar-refractivity contribution is -0.841. The van der Waals surface area contributed by atoms with Gasteiger partial charge in [0, 0.05) is 12.2 Å². The first kappa shape index (κ1) is 10.0. The number of carbonyl (C=O) groups is 1. The fourth-order valence-corrected chi connectivity index (χ4v) is 1.43. The standard InChI is InChI=1S/C6H10N4O2S/c1-2-3-10(4-5(11)12)6(13)7-8-9-10/h2-4H2,1H3,(H-,7,9,11,12,13). The molecule has 1 unspecified atom stereocenters. The van der Waals surface area contributed by atoms with Crippen LogP contribution in [-0.2, 0) is 4.79 Å². The summed E-state index contributed by atoms with van der Waals surface area (Å²) in [6.07, 6.45) is 0.772. The summed E-state index contributed by atoms with van der Waals surface area (Å²) in [5.74, 6) is -1.18. The number of carboxylic acids is 1. The van der Waals surface area contributed by atoms with Crippen LogP contribution in [0.4, 0.5) is 0 Å². The van der Waals surface area contributed by atoms with E-state index < -0.39 is 5.97 Å². The van der Waals surface area contributed by atoms with Crippen LogP contribution in [0.1, 0.15) is 13.3 Å². The van der Waals surface area contributed by atoms with Gasteiger partial charge in [-0.2, -0.15) is 5.43 Å². The number of hydrogen-bond donors (Lipinski definition) is 1. The molecule has 1 aliphatic rings. The molecule has 0 saturated heterocycles. The summed E-state index contributed by atoms with van der Waals surface area (Å²) in [6, 6.07) is 0. The second-order valence-electron chi connectivity index (χ2n) is 2.78. The van der Waals surface area contributed by atoms with Gasteiger partial charge >= 0.3 is 5.11 Å². The third-order valence-electron chi connectivity index (χ3n) is 1.72. The van der Waals surface area contributed by atoms with Crippen LogP contribution in [0.5, 0.6) is 0 Å². The average molecular weight is 202 g/mol. The summed E-state index contributed by atoms with van der Waals surface area (Å²) in [6.45, 7) is 2.18. The van der Waals surface area contributed by atoms with E-state index in [1.54, 1.807) is 0 Å². The van der Waals surface area contributed by atoms with Crippen LogP contribution in [0.2, 0.25) is 0 Å². The maximum Gasteiger partial charge on any atom is 0.320 e. The number of hydrogen-bond acceptors (Lipinski definition) is 5. The van der Waals surface area contributed by atoms with Gasteiger partial charge in [0.1, 0.15) is 6.54 Å². The Hall–Kier alpha value is -1.08. The van der Waals surface area contributed by atoms with Crippen LogP contribution in [0.3, 0.4) is 0 Å². The van der Waals surface area contributed by atoms with E-state index in [9.17, 15) is 9.90 Å². The summed E-state index contributed by atoms with van der Waals surface area (Å²) in [7, 11) is 0. The van der Waals surface area contributed by atoms with Crippen molar-refractivity contribution < 1.29 is 14.5 Å². The van der Waals surface area contributed by atoms with Crippen molar-refractivity contribution in [1.29, 1.82) is 0 Å². The van der Waals surface area contributed by atoms with Gasteiger partial charge in [-0.3, -0.25) is 0 Å². The molecule has 1 rings (SSSR count). The minimum atomic E-state index is -1.18. The minimum Gasteiger partial charge on any atom is -0.544 e. The zero-order valence-corrected chi connectivity index (χ0v) is 8.00.